The number of esters is 1. The van der Waals surface area contributed by atoms with Gasteiger partial charge in [-0.2, -0.15) is 5.10 Å². The van der Waals surface area contributed by atoms with E-state index in [9.17, 15) is 19.2 Å². The lowest BCUT2D eigenvalue weighted by molar-refractivity contribution is -0.148. The van der Waals surface area contributed by atoms with Crippen LogP contribution in [0.5, 0.6) is 0 Å². The van der Waals surface area contributed by atoms with Gasteiger partial charge in [-0.05, 0) is 125 Å². The zero-order valence-corrected chi connectivity index (χ0v) is 41.5. The minimum absolute atomic E-state index is 0.0417. The number of pyridine rings is 1. The number of aryl methyl sites for hydroxylation is 1. The number of ether oxygens (including phenoxy) is 1. The van der Waals surface area contributed by atoms with Crippen molar-refractivity contribution < 1.29 is 19.1 Å². The first kappa shape index (κ1) is 50.9. The number of rotatable bonds is 23. The number of benzene rings is 2. The molecular formula is C55H80N8O5. The lowest BCUT2D eigenvalue weighted by Gasteiger charge is -2.43. The van der Waals surface area contributed by atoms with Gasteiger partial charge in [-0.1, -0.05) is 94.7 Å². The van der Waals surface area contributed by atoms with Crippen molar-refractivity contribution in [3.05, 3.63) is 87.9 Å². The molecule has 68 heavy (non-hydrogen) atoms. The molecule has 5 heterocycles. The summed E-state index contributed by atoms with van der Waals surface area (Å²) in [5.74, 6) is -0.234. The van der Waals surface area contributed by atoms with Crippen LogP contribution in [0.2, 0.25) is 0 Å². The predicted octanol–water partition coefficient (Wildman–Crippen LogP) is 9.46. The zero-order chi connectivity index (χ0) is 47.7. The zero-order valence-electron chi connectivity index (χ0n) is 41.5. The fourth-order valence-electron chi connectivity index (χ4n) is 10.6. The molecule has 7 rings (SSSR count). The van der Waals surface area contributed by atoms with Crippen LogP contribution in [-0.2, 0) is 27.5 Å². The number of fused-ring (bicyclic) bond motifs is 2. The molecule has 1 atom stereocenters. The first-order chi connectivity index (χ1) is 33.1. The molecular weight excluding hydrogens is 853 g/mol. The van der Waals surface area contributed by atoms with Crippen LogP contribution in [-0.4, -0.2) is 124 Å². The number of H-pyrrole nitrogens is 1. The number of nitrogens with zero attached hydrogens (tertiary/aromatic N) is 6. The largest absolute Gasteiger partial charge is 0.442 e. The van der Waals surface area contributed by atoms with Crippen molar-refractivity contribution in [2.24, 2.45) is 0 Å². The Morgan fingerprint density at radius 3 is 2.19 bits per heavy atom. The van der Waals surface area contributed by atoms with E-state index in [1.165, 1.54) is 57.8 Å². The second-order valence-corrected chi connectivity index (χ2v) is 20.0. The number of para-hydroxylation sites is 1. The van der Waals surface area contributed by atoms with Crippen LogP contribution >= 0.6 is 0 Å². The van der Waals surface area contributed by atoms with E-state index in [1.54, 1.807) is 9.58 Å². The summed E-state index contributed by atoms with van der Waals surface area (Å²) in [5, 5.41) is 9.82. The SMILES string of the molecule is CCCCCCCC/C=C\CCCCCCCC(=O)OCn1cc2cc(C[C@@H](NC(=O)N3CCC(c4cc5ccccc5[nH]c4=O)CC3)C(=O)N3CCN(C4CCN(C)CC4)CC3)cc(C)c2n1. The molecule has 2 aromatic heterocycles. The Morgan fingerprint density at radius 2 is 1.47 bits per heavy atom. The van der Waals surface area contributed by atoms with E-state index in [0.717, 1.165) is 103 Å². The predicted molar refractivity (Wildman–Crippen MR) is 273 cm³/mol. The number of piperidine rings is 2. The molecule has 3 amide bonds. The summed E-state index contributed by atoms with van der Waals surface area (Å²) in [6.45, 7) is 10.4. The van der Waals surface area contributed by atoms with E-state index in [1.807, 2.05) is 54.4 Å². The summed E-state index contributed by atoms with van der Waals surface area (Å²) in [6.07, 6.45) is 26.7. The molecule has 2 aromatic carbocycles. The molecule has 370 valence electrons. The number of likely N-dealkylation sites (tertiary alicyclic amines) is 2. The van der Waals surface area contributed by atoms with Gasteiger partial charge in [0.15, 0.2) is 6.73 Å². The minimum Gasteiger partial charge on any atom is -0.442 e. The third-order valence-electron chi connectivity index (χ3n) is 14.8. The number of carbonyl (C=O) groups excluding carboxylic acids is 3. The Balaban J connectivity index is 0.904. The number of urea groups is 1. The molecule has 3 fully saturated rings. The Bertz CT molecular complexity index is 2320. The highest BCUT2D eigenvalue weighted by Gasteiger charge is 2.34. The van der Waals surface area contributed by atoms with Crippen LogP contribution in [0.1, 0.15) is 145 Å². The van der Waals surface area contributed by atoms with E-state index in [4.69, 9.17) is 9.84 Å². The van der Waals surface area contributed by atoms with Crippen LogP contribution < -0.4 is 10.9 Å². The normalized spacial score (nSPS) is 17.4. The van der Waals surface area contributed by atoms with Crippen LogP contribution in [0.25, 0.3) is 21.8 Å². The number of hydrogen-bond donors (Lipinski definition) is 2. The smallest absolute Gasteiger partial charge is 0.318 e. The fourth-order valence-corrected chi connectivity index (χ4v) is 10.6. The lowest BCUT2D eigenvalue weighted by atomic mass is 9.89. The Hall–Kier alpha value is -5.01. The van der Waals surface area contributed by atoms with E-state index in [-0.39, 0.29) is 36.1 Å². The van der Waals surface area contributed by atoms with Gasteiger partial charge >= 0.3 is 12.0 Å². The van der Waals surface area contributed by atoms with Gasteiger partial charge in [-0.15, -0.1) is 0 Å². The number of hydrogen-bond acceptors (Lipinski definition) is 8. The fraction of sp³-hybridized carbons (Fsp3) is 0.618. The van der Waals surface area contributed by atoms with Gasteiger partial charge in [0.25, 0.3) is 5.56 Å². The van der Waals surface area contributed by atoms with Crippen molar-refractivity contribution in [1.82, 2.24) is 39.7 Å². The Kier molecular flexibility index (Phi) is 19.5. The molecule has 3 aliphatic heterocycles. The summed E-state index contributed by atoms with van der Waals surface area (Å²) >= 11 is 0. The molecule has 3 aliphatic rings. The number of allylic oxidation sites excluding steroid dienone is 2. The average molecular weight is 933 g/mol. The number of amides is 3. The third-order valence-corrected chi connectivity index (χ3v) is 14.8. The van der Waals surface area contributed by atoms with E-state index < -0.39 is 6.04 Å². The Labute approximate surface area is 405 Å². The van der Waals surface area contributed by atoms with Crippen LogP contribution in [0.4, 0.5) is 4.79 Å². The van der Waals surface area contributed by atoms with E-state index >= 15 is 0 Å². The first-order valence-electron chi connectivity index (χ1n) is 26.3. The molecule has 2 N–H and O–H groups in total. The summed E-state index contributed by atoms with van der Waals surface area (Å²) in [5.41, 5.74) is 4.19. The van der Waals surface area contributed by atoms with E-state index in [2.05, 4.69) is 52.3 Å². The molecule has 4 aromatic rings. The van der Waals surface area contributed by atoms with Crippen molar-refractivity contribution in [1.29, 1.82) is 0 Å². The van der Waals surface area contributed by atoms with Crippen molar-refractivity contribution in [3.63, 3.8) is 0 Å². The van der Waals surface area contributed by atoms with Gasteiger partial charge < -0.3 is 29.7 Å². The second kappa shape index (κ2) is 26.1. The van der Waals surface area contributed by atoms with Crippen LogP contribution in [0.15, 0.2) is 65.6 Å². The number of unbranched alkanes of at least 4 members (excludes halogenated alkanes) is 11. The van der Waals surface area contributed by atoms with Gasteiger partial charge in [-0.3, -0.25) is 19.3 Å². The summed E-state index contributed by atoms with van der Waals surface area (Å²) in [4.78, 5) is 66.0. The van der Waals surface area contributed by atoms with Gasteiger partial charge in [-0.25, -0.2) is 9.48 Å². The maximum Gasteiger partial charge on any atom is 0.318 e. The number of aromatic nitrogens is 3. The summed E-state index contributed by atoms with van der Waals surface area (Å²) < 4.78 is 7.31. The summed E-state index contributed by atoms with van der Waals surface area (Å²) in [7, 11) is 2.18. The highest BCUT2D eigenvalue weighted by Crippen LogP contribution is 2.28. The van der Waals surface area contributed by atoms with Gasteiger partial charge in [0.05, 0.1) is 5.52 Å². The van der Waals surface area contributed by atoms with Gasteiger partial charge in [0, 0.05) is 80.8 Å². The molecule has 3 saturated heterocycles. The maximum atomic E-state index is 14.5. The number of piperazine rings is 1. The van der Waals surface area contributed by atoms with Crippen LogP contribution in [0.3, 0.4) is 0 Å². The van der Waals surface area contributed by atoms with Crippen LogP contribution in [0, 0.1) is 6.92 Å². The van der Waals surface area contributed by atoms with Crippen molar-refractivity contribution in [2.75, 3.05) is 59.4 Å². The Morgan fingerprint density at radius 1 is 0.794 bits per heavy atom. The summed E-state index contributed by atoms with van der Waals surface area (Å²) in [6, 6.07) is 13.4. The second-order valence-electron chi connectivity index (χ2n) is 20.0. The van der Waals surface area contributed by atoms with E-state index in [0.29, 0.717) is 57.9 Å². The monoisotopic (exact) mass is 933 g/mol. The van der Waals surface area contributed by atoms with Gasteiger partial charge in [0.2, 0.25) is 5.91 Å². The molecule has 0 bridgehead atoms. The molecule has 0 radical (unpaired) electrons. The van der Waals surface area contributed by atoms with Crippen molar-refractivity contribution in [2.45, 2.75) is 161 Å². The highest BCUT2D eigenvalue weighted by molar-refractivity contribution is 5.88. The molecule has 0 saturated carbocycles. The molecule has 13 heteroatoms. The molecule has 13 nitrogen and oxygen atoms in total. The molecule has 0 unspecified atom stereocenters. The first-order valence-corrected chi connectivity index (χ1v) is 26.3. The minimum atomic E-state index is -0.761. The standard InChI is InChI=1S/C55H80N8O5/c1-4-5-6-7-8-9-10-11-12-13-14-15-16-17-18-23-51(64)68-41-63-40-46-37-43(36-42(2)52(46)58-63)38-50(54(66)61-34-32-60(33-35-61)47-26-28-59(3)29-27-47)57-55(67)62-30-24-44(25-31-62)48-39-45-21-19-20-22-49(45)56-53(48)65/h11-12,19-22,36-37,39-40,44,47,50H,4-10,13-18,23-35,38,41H2,1-3H3,(H,56,65)(H,57,67)/b12-11-/t50-/m1/s1. The maximum absolute atomic E-state index is 14.5. The van der Waals surface area contributed by atoms with Crippen molar-refractivity contribution in [3.8, 4) is 0 Å². The molecule has 0 spiro atoms. The van der Waals surface area contributed by atoms with Gasteiger partial charge in [0.1, 0.15) is 6.04 Å². The lowest BCUT2D eigenvalue weighted by Crippen LogP contribution is -2.59. The molecule has 0 aliphatic carbocycles. The number of nitrogens with one attached hydrogen (secondary N) is 2. The number of carbonyl (C=O) groups is 3. The highest BCUT2D eigenvalue weighted by atomic mass is 16.5. The number of aromatic amines is 1. The third kappa shape index (κ3) is 14.7. The topological polar surface area (TPSA) is 136 Å². The van der Waals surface area contributed by atoms with Crippen molar-refractivity contribution >= 4 is 39.7 Å². The average Bonchev–Trinajstić information content (AvgIpc) is 3.78. The quantitative estimate of drug-likeness (QED) is 0.0427.